The molecular formula is C30H49N3O5. The number of carboxylic acids is 1. The molecule has 1 aromatic carbocycles. The third-order valence-corrected chi connectivity index (χ3v) is 8.05. The Kier molecular flexibility index (Phi) is 10.9. The highest BCUT2D eigenvalue weighted by Gasteiger charge is 2.48. The highest BCUT2D eigenvalue weighted by Crippen LogP contribution is 2.45. The fourth-order valence-corrected chi connectivity index (χ4v) is 6.13. The number of aliphatic carboxylic acids is 1. The molecule has 2 heterocycles. The molecule has 1 fully saturated rings. The largest absolute Gasteiger partial charge is 0.481 e. The van der Waals surface area contributed by atoms with Crippen molar-refractivity contribution >= 4 is 11.9 Å². The summed E-state index contributed by atoms with van der Waals surface area (Å²) in [7, 11) is 4.10. The van der Waals surface area contributed by atoms with Gasteiger partial charge in [0.25, 0.3) is 0 Å². The molecule has 0 radical (unpaired) electrons. The molecule has 3 rings (SSSR count). The Hall–Kier alpha value is -2.32. The van der Waals surface area contributed by atoms with Gasteiger partial charge in [-0.15, -0.1) is 0 Å². The number of carbonyl (C=O) groups is 2. The van der Waals surface area contributed by atoms with Crippen molar-refractivity contribution in [2.24, 2.45) is 11.3 Å². The lowest BCUT2D eigenvalue weighted by atomic mass is 9.76. The van der Waals surface area contributed by atoms with Crippen LogP contribution in [-0.4, -0.2) is 91.3 Å². The summed E-state index contributed by atoms with van der Waals surface area (Å²) in [5, 5.41) is 10.5. The number of rotatable bonds is 15. The van der Waals surface area contributed by atoms with Gasteiger partial charge >= 0.3 is 5.97 Å². The number of hydrogen-bond acceptors (Lipinski definition) is 6. The molecule has 0 saturated carbocycles. The molecule has 1 amide bonds. The van der Waals surface area contributed by atoms with Gasteiger partial charge in [-0.3, -0.25) is 14.5 Å². The number of carboxylic acid groups (broad SMARTS) is 1. The van der Waals surface area contributed by atoms with Crippen molar-refractivity contribution < 1.29 is 24.2 Å². The summed E-state index contributed by atoms with van der Waals surface area (Å²) in [6.45, 7) is 12.1. The number of unbranched alkanes of at least 4 members (excludes halogenated alkanes) is 1. The van der Waals surface area contributed by atoms with E-state index >= 15 is 0 Å². The van der Waals surface area contributed by atoms with Crippen LogP contribution >= 0.6 is 0 Å². The number of nitrogens with zero attached hydrogens (tertiary/aromatic N) is 3. The lowest BCUT2D eigenvalue weighted by Crippen LogP contribution is -2.46. The molecule has 0 aliphatic carbocycles. The van der Waals surface area contributed by atoms with E-state index < -0.39 is 11.9 Å². The predicted molar refractivity (Wildman–Crippen MR) is 150 cm³/mol. The Morgan fingerprint density at radius 2 is 1.76 bits per heavy atom. The first-order valence-electron chi connectivity index (χ1n) is 14.3. The van der Waals surface area contributed by atoms with Gasteiger partial charge < -0.3 is 24.4 Å². The summed E-state index contributed by atoms with van der Waals surface area (Å²) in [6.07, 6.45) is 5.72. The average Bonchev–Trinajstić information content (AvgIpc) is 3.44. The zero-order chi connectivity index (χ0) is 27.9. The number of hydrogen-bond donors (Lipinski definition) is 1. The maximum Gasteiger partial charge on any atom is 0.308 e. The van der Waals surface area contributed by atoms with Crippen LogP contribution in [-0.2, 0) is 9.59 Å². The van der Waals surface area contributed by atoms with E-state index in [2.05, 4.69) is 37.5 Å². The van der Waals surface area contributed by atoms with Crippen molar-refractivity contribution in [2.45, 2.75) is 78.2 Å². The Morgan fingerprint density at radius 3 is 2.42 bits per heavy atom. The first kappa shape index (κ1) is 30.2. The molecule has 1 saturated heterocycles. The van der Waals surface area contributed by atoms with E-state index in [1.165, 1.54) is 0 Å². The fraction of sp³-hybridized carbons (Fsp3) is 0.733. The van der Waals surface area contributed by atoms with E-state index in [1.807, 2.05) is 37.2 Å². The number of carbonyl (C=O) groups excluding carboxylic acids is 1. The van der Waals surface area contributed by atoms with Gasteiger partial charge in [0.05, 0.1) is 12.5 Å². The van der Waals surface area contributed by atoms with Crippen molar-refractivity contribution in [3.05, 3.63) is 23.8 Å². The van der Waals surface area contributed by atoms with Crippen LogP contribution in [0.15, 0.2) is 18.2 Å². The molecular weight excluding hydrogens is 482 g/mol. The van der Waals surface area contributed by atoms with Crippen LogP contribution in [0, 0.1) is 11.3 Å². The van der Waals surface area contributed by atoms with Gasteiger partial charge in [0.1, 0.15) is 0 Å². The summed E-state index contributed by atoms with van der Waals surface area (Å²) < 4.78 is 11.1. The molecule has 2 aliphatic rings. The quantitative estimate of drug-likeness (QED) is 0.352. The molecule has 3 atom stereocenters. The van der Waals surface area contributed by atoms with Gasteiger partial charge in [0, 0.05) is 31.6 Å². The summed E-state index contributed by atoms with van der Waals surface area (Å²) in [5.74, 6) is -0.168. The molecule has 2 aliphatic heterocycles. The number of ether oxygens (including phenoxy) is 2. The first-order chi connectivity index (χ1) is 18.1. The van der Waals surface area contributed by atoms with Crippen molar-refractivity contribution in [3.8, 4) is 11.5 Å². The Labute approximate surface area is 229 Å². The zero-order valence-corrected chi connectivity index (χ0v) is 24.4. The van der Waals surface area contributed by atoms with Crippen molar-refractivity contribution in [1.29, 1.82) is 0 Å². The highest BCUT2D eigenvalue weighted by molar-refractivity contribution is 5.79. The maximum absolute atomic E-state index is 13.7. The maximum atomic E-state index is 13.7. The summed E-state index contributed by atoms with van der Waals surface area (Å²) >= 11 is 0. The van der Waals surface area contributed by atoms with Crippen LogP contribution in [0.5, 0.6) is 11.5 Å². The van der Waals surface area contributed by atoms with E-state index in [0.29, 0.717) is 18.0 Å². The van der Waals surface area contributed by atoms with Gasteiger partial charge in [0.15, 0.2) is 11.5 Å². The lowest BCUT2D eigenvalue weighted by Gasteiger charge is -2.35. The molecule has 0 aromatic heterocycles. The third-order valence-electron chi connectivity index (χ3n) is 8.05. The molecule has 1 N–H and O–H groups in total. The average molecular weight is 532 g/mol. The minimum Gasteiger partial charge on any atom is -0.481 e. The predicted octanol–water partition coefficient (Wildman–Crippen LogP) is 4.68. The van der Waals surface area contributed by atoms with E-state index in [9.17, 15) is 14.7 Å². The van der Waals surface area contributed by atoms with Gasteiger partial charge in [-0.1, -0.05) is 46.6 Å². The Morgan fingerprint density at radius 1 is 1.05 bits per heavy atom. The van der Waals surface area contributed by atoms with Crippen molar-refractivity contribution in [3.63, 3.8) is 0 Å². The number of benzene rings is 1. The molecule has 38 heavy (non-hydrogen) atoms. The van der Waals surface area contributed by atoms with E-state index in [0.717, 1.165) is 63.7 Å². The molecule has 0 unspecified atom stereocenters. The van der Waals surface area contributed by atoms with Gasteiger partial charge in [-0.2, -0.15) is 0 Å². The van der Waals surface area contributed by atoms with Crippen molar-refractivity contribution in [2.75, 3.05) is 53.6 Å². The van der Waals surface area contributed by atoms with Crippen molar-refractivity contribution in [1.82, 2.24) is 14.7 Å². The SMILES string of the molecule is CCCCN(CCCN(C)C)C(=O)CN1C[C@H](c2ccc3c(c2)OCO3)[C@@H](C(=O)O)[C@@H]1CC(C)(C)CCC. The lowest BCUT2D eigenvalue weighted by molar-refractivity contribution is -0.144. The van der Waals surface area contributed by atoms with E-state index in [1.54, 1.807) is 0 Å². The monoisotopic (exact) mass is 531 g/mol. The zero-order valence-electron chi connectivity index (χ0n) is 24.4. The fourth-order valence-electron chi connectivity index (χ4n) is 6.13. The minimum atomic E-state index is -0.797. The van der Waals surface area contributed by atoms with Crippen LogP contribution < -0.4 is 9.47 Å². The topological polar surface area (TPSA) is 82.5 Å². The molecule has 8 nitrogen and oxygen atoms in total. The van der Waals surface area contributed by atoms with Crippen LogP contribution in [0.2, 0.25) is 0 Å². The summed E-state index contributed by atoms with van der Waals surface area (Å²) in [6, 6.07) is 5.54. The minimum absolute atomic E-state index is 0.0220. The smallest absolute Gasteiger partial charge is 0.308 e. The van der Waals surface area contributed by atoms with E-state index in [4.69, 9.17) is 9.47 Å². The van der Waals surface area contributed by atoms with Crippen LogP contribution in [0.25, 0.3) is 0 Å². The molecule has 214 valence electrons. The second-order valence-corrected chi connectivity index (χ2v) is 12.1. The van der Waals surface area contributed by atoms with Gasteiger partial charge in [-0.25, -0.2) is 0 Å². The number of likely N-dealkylation sites (tertiary alicyclic amines) is 1. The Balaban J connectivity index is 1.87. The molecule has 0 spiro atoms. The second-order valence-electron chi connectivity index (χ2n) is 12.1. The first-order valence-corrected chi connectivity index (χ1v) is 14.3. The molecule has 0 bridgehead atoms. The van der Waals surface area contributed by atoms with E-state index in [-0.39, 0.29) is 36.6 Å². The van der Waals surface area contributed by atoms with Crippen LogP contribution in [0.1, 0.15) is 77.7 Å². The molecule has 1 aromatic rings. The standard InChI is InChI=1S/C30H49N3O5/c1-7-9-15-32(16-10-14-31(5)6)27(34)20-33-19-23(22-11-12-25-26(17-22)38-21-37-25)28(29(35)36)24(33)18-30(3,4)13-8-2/h11-12,17,23-24,28H,7-10,13-16,18-21H2,1-6H3,(H,35,36)/t23-,24+,28-/m1/s1. The normalized spacial score (nSPS) is 21.3. The van der Waals surface area contributed by atoms with Crippen LogP contribution in [0.3, 0.4) is 0 Å². The Bertz CT molecular complexity index is 934. The van der Waals surface area contributed by atoms with Crippen LogP contribution in [0.4, 0.5) is 0 Å². The van der Waals surface area contributed by atoms with Gasteiger partial charge in [0.2, 0.25) is 12.7 Å². The summed E-state index contributed by atoms with van der Waals surface area (Å²) in [4.78, 5) is 32.8. The number of fused-ring (bicyclic) bond motifs is 1. The summed E-state index contributed by atoms with van der Waals surface area (Å²) in [5.41, 5.74) is 0.912. The highest BCUT2D eigenvalue weighted by atomic mass is 16.7. The third kappa shape index (κ3) is 7.85. The van der Waals surface area contributed by atoms with Gasteiger partial charge in [-0.05, 0) is 69.4 Å². The second kappa shape index (κ2) is 13.7. The molecule has 8 heteroatoms. The number of amides is 1.